The van der Waals surface area contributed by atoms with E-state index in [4.69, 9.17) is 1.37 Å². The number of rotatable bonds is 0. The molecule has 2 aromatic carbocycles. The van der Waals surface area contributed by atoms with Crippen LogP contribution in [0, 0.1) is 0 Å². The van der Waals surface area contributed by atoms with Crippen LogP contribution in [0.2, 0.25) is 0 Å². The Morgan fingerprint density at radius 3 is 2.85 bits per heavy atom. The van der Waals surface area contributed by atoms with Crippen molar-refractivity contribution in [2.45, 2.75) is 6.40 Å². The molecule has 0 amide bonds. The molecule has 3 rings (SSSR count). The SMILES string of the molecule is [2H][C@H]1C=Cc2cccc3cccc1c23. The molecule has 0 saturated heterocycles. The Hall–Kier alpha value is -1.56. The summed E-state index contributed by atoms with van der Waals surface area (Å²) < 4.78 is 7.90. The number of allylic oxidation sites excluding steroid dienone is 1. The normalized spacial score (nSPS) is 20.3. The number of benzene rings is 2. The van der Waals surface area contributed by atoms with E-state index in [2.05, 4.69) is 24.3 Å². The van der Waals surface area contributed by atoms with Crippen molar-refractivity contribution in [3.8, 4) is 0 Å². The molecule has 0 aromatic heterocycles. The zero-order valence-corrected chi connectivity index (χ0v) is 7.20. The van der Waals surface area contributed by atoms with Crippen LogP contribution in [0.15, 0.2) is 42.5 Å². The minimum atomic E-state index is -0.200. The minimum Gasteiger partial charge on any atom is -0.0795 e. The Bertz CT molecular complexity index is 520. The Morgan fingerprint density at radius 2 is 1.92 bits per heavy atom. The van der Waals surface area contributed by atoms with Crippen molar-refractivity contribution >= 4 is 16.8 Å². The molecule has 0 saturated carbocycles. The second kappa shape index (κ2) is 2.46. The van der Waals surface area contributed by atoms with Crippen molar-refractivity contribution in [3.63, 3.8) is 0 Å². The maximum Gasteiger partial charge on any atom is 0.0360 e. The molecule has 0 radical (unpaired) electrons. The molecule has 0 aliphatic heterocycles. The minimum absolute atomic E-state index is 0.200. The van der Waals surface area contributed by atoms with Gasteiger partial charge >= 0.3 is 0 Å². The highest BCUT2D eigenvalue weighted by Crippen LogP contribution is 2.27. The van der Waals surface area contributed by atoms with Gasteiger partial charge in [-0.2, -0.15) is 0 Å². The quantitative estimate of drug-likeness (QED) is 0.564. The predicted octanol–water partition coefficient (Wildman–Crippen LogP) is 3.41. The first-order chi connectivity index (χ1) is 6.86. The highest BCUT2D eigenvalue weighted by molar-refractivity contribution is 5.94. The maximum atomic E-state index is 7.90. The van der Waals surface area contributed by atoms with Gasteiger partial charge < -0.3 is 0 Å². The standard InChI is InChI=1S/C13H10/c1-4-10-6-2-8-12-9-3-7-11(5-1)13(10)12/h1-8H,9H2/i9D/t9-/m0/s1. The van der Waals surface area contributed by atoms with E-state index < -0.39 is 0 Å². The van der Waals surface area contributed by atoms with Gasteiger partial charge in [-0.3, -0.25) is 0 Å². The summed E-state index contributed by atoms with van der Waals surface area (Å²) >= 11 is 0. The van der Waals surface area contributed by atoms with E-state index in [-0.39, 0.29) is 6.40 Å². The predicted molar refractivity (Wildman–Crippen MR) is 56.7 cm³/mol. The van der Waals surface area contributed by atoms with E-state index in [9.17, 15) is 0 Å². The van der Waals surface area contributed by atoms with Gasteiger partial charge in [-0.1, -0.05) is 48.6 Å². The van der Waals surface area contributed by atoms with Gasteiger partial charge in [0.05, 0.1) is 0 Å². The van der Waals surface area contributed by atoms with Crippen molar-refractivity contribution in [3.05, 3.63) is 53.6 Å². The van der Waals surface area contributed by atoms with Gasteiger partial charge in [-0.05, 0) is 28.3 Å². The summed E-state index contributed by atoms with van der Waals surface area (Å²) in [5.41, 5.74) is 2.36. The fourth-order valence-corrected chi connectivity index (χ4v) is 1.93. The smallest absolute Gasteiger partial charge is 0.0360 e. The fraction of sp³-hybridized carbons (Fsp3) is 0.0769. The summed E-state index contributed by atoms with van der Waals surface area (Å²) in [5.74, 6) is 0. The average Bonchev–Trinajstić information content (AvgIpc) is 2.24. The molecule has 0 unspecified atom stereocenters. The Kier molecular flexibility index (Phi) is 1.13. The monoisotopic (exact) mass is 167 g/mol. The van der Waals surface area contributed by atoms with Crippen LogP contribution in [0.5, 0.6) is 0 Å². The summed E-state index contributed by atoms with van der Waals surface area (Å²) in [7, 11) is 0. The summed E-state index contributed by atoms with van der Waals surface area (Å²) in [6.07, 6.45) is 3.79. The molecular weight excluding hydrogens is 156 g/mol. The van der Waals surface area contributed by atoms with Crippen molar-refractivity contribution in [1.29, 1.82) is 0 Å². The third-order valence-corrected chi connectivity index (χ3v) is 2.52. The molecule has 13 heavy (non-hydrogen) atoms. The second-order valence-electron chi connectivity index (χ2n) is 3.32. The zero-order chi connectivity index (χ0) is 9.54. The molecule has 2 aromatic rings. The number of hydrogen-bond donors (Lipinski definition) is 0. The lowest BCUT2D eigenvalue weighted by Crippen LogP contribution is -1.91. The zero-order valence-electron chi connectivity index (χ0n) is 8.20. The van der Waals surface area contributed by atoms with E-state index in [1.807, 2.05) is 24.3 Å². The summed E-state index contributed by atoms with van der Waals surface area (Å²) in [6, 6.07) is 12.5. The maximum absolute atomic E-state index is 7.90. The second-order valence-corrected chi connectivity index (χ2v) is 3.32. The molecule has 1 aliphatic carbocycles. The molecule has 1 aliphatic rings. The molecular formula is C13H10. The van der Waals surface area contributed by atoms with Crippen LogP contribution in [0.3, 0.4) is 0 Å². The molecule has 62 valence electrons. The lowest BCUT2D eigenvalue weighted by atomic mass is 9.93. The molecule has 0 N–H and O–H groups in total. The van der Waals surface area contributed by atoms with E-state index in [0.717, 1.165) is 5.56 Å². The fourth-order valence-electron chi connectivity index (χ4n) is 1.93. The first-order valence-corrected chi connectivity index (χ1v) is 4.48. The largest absolute Gasteiger partial charge is 0.0795 e. The van der Waals surface area contributed by atoms with Crippen molar-refractivity contribution in [2.75, 3.05) is 0 Å². The van der Waals surface area contributed by atoms with E-state index in [1.165, 1.54) is 16.3 Å². The third kappa shape index (κ3) is 0.919. The van der Waals surface area contributed by atoms with Crippen LogP contribution in [-0.4, -0.2) is 0 Å². The van der Waals surface area contributed by atoms with Gasteiger partial charge in [0.1, 0.15) is 0 Å². The van der Waals surface area contributed by atoms with Crippen molar-refractivity contribution in [1.82, 2.24) is 0 Å². The van der Waals surface area contributed by atoms with E-state index >= 15 is 0 Å². The highest BCUT2D eigenvalue weighted by atomic mass is 14.1. The highest BCUT2D eigenvalue weighted by Gasteiger charge is 2.06. The van der Waals surface area contributed by atoms with Crippen LogP contribution >= 0.6 is 0 Å². The van der Waals surface area contributed by atoms with Crippen LogP contribution in [0.25, 0.3) is 16.8 Å². The van der Waals surface area contributed by atoms with E-state index in [1.54, 1.807) is 0 Å². The molecule has 0 heteroatoms. The summed E-state index contributed by atoms with van der Waals surface area (Å²) in [6.45, 7) is 0. The summed E-state index contributed by atoms with van der Waals surface area (Å²) in [4.78, 5) is 0. The van der Waals surface area contributed by atoms with Gasteiger partial charge in [0, 0.05) is 1.37 Å². The third-order valence-electron chi connectivity index (χ3n) is 2.52. The van der Waals surface area contributed by atoms with Gasteiger partial charge in [0.25, 0.3) is 0 Å². The Balaban J connectivity index is 2.52. The molecule has 0 fully saturated rings. The van der Waals surface area contributed by atoms with Gasteiger partial charge in [-0.25, -0.2) is 0 Å². The van der Waals surface area contributed by atoms with Crippen molar-refractivity contribution < 1.29 is 1.37 Å². The van der Waals surface area contributed by atoms with Crippen LogP contribution < -0.4 is 0 Å². The lowest BCUT2D eigenvalue weighted by Gasteiger charge is -2.11. The topological polar surface area (TPSA) is 0 Å². The molecule has 1 atom stereocenters. The summed E-state index contributed by atoms with van der Waals surface area (Å²) in [5, 5.41) is 2.49. The molecule has 0 bridgehead atoms. The van der Waals surface area contributed by atoms with Gasteiger partial charge in [0.15, 0.2) is 0 Å². The van der Waals surface area contributed by atoms with Crippen LogP contribution in [0.4, 0.5) is 0 Å². The van der Waals surface area contributed by atoms with Crippen LogP contribution in [-0.2, 0) is 6.40 Å². The average molecular weight is 167 g/mol. The number of hydrogen-bond acceptors (Lipinski definition) is 0. The first-order valence-electron chi connectivity index (χ1n) is 5.06. The molecule has 0 spiro atoms. The molecule has 0 heterocycles. The van der Waals surface area contributed by atoms with E-state index in [0.29, 0.717) is 0 Å². The lowest BCUT2D eigenvalue weighted by molar-refractivity contribution is 1.29. The Labute approximate surface area is 78.9 Å². The van der Waals surface area contributed by atoms with Crippen molar-refractivity contribution in [2.24, 2.45) is 0 Å². The van der Waals surface area contributed by atoms with Crippen LogP contribution in [0.1, 0.15) is 12.5 Å². The Morgan fingerprint density at radius 1 is 1.08 bits per heavy atom. The van der Waals surface area contributed by atoms with Gasteiger partial charge in [0.2, 0.25) is 0 Å². The first kappa shape index (κ1) is 5.98. The molecule has 0 nitrogen and oxygen atoms in total. The van der Waals surface area contributed by atoms with Gasteiger partial charge in [-0.15, -0.1) is 0 Å².